The zero-order valence-electron chi connectivity index (χ0n) is 9.64. The van der Waals surface area contributed by atoms with Gasteiger partial charge < -0.3 is 9.73 Å². The normalized spacial score (nSPS) is 10.5. The number of halogens is 1. The number of hydrogen-bond donors (Lipinski definition) is 1. The van der Waals surface area contributed by atoms with Crippen molar-refractivity contribution >= 4 is 11.7 Å². The first-order valence-corrected chi connectivity index (χ1v) is 5.17. The Balaban J connectivity index is 2.18. The van der Waals surface area contributed by atoms with Crippen LogP contribution in [0, 0.1) is 5.82 Å². The molecule has 0 spiro atoms. The van der Waals surface area contributed by atoms with Gasteiger partial charge in [0.25, 0.3) is 0 Å². The molecule has 2 rings (SSSR count). The molecule has 90 valence electrons. The molecular weight excluding hydrogens is 223 g/mol. The van der Waals surface area contributed by atoms with Crippen molar-refractivity contribution in [2.24, 2.45) is 0 Å². The summed E-state index contributed by atoms with van der Waals surface area (Å²) >= 11 is 0. The second kappa shape index (κ2) is 4.92. The molecule has 5 nitrogen and oxygen atoms in total. The van der Waals surface area contributed by atoms with E-state index < -0.39 is 0 Å². The molecule has 0 saturated heterocycles. The van der Waals surface area contributed by atoms with Gasteiger partial charge in [0.2, 0.25) is 5.89 Å². The highest BCUT2D eigenvalue weighted by atomic mass is 19.1. The van der Waals surface area contributed by atoms with Gasteiger partial charge in [-0.25, -0.2) is 4.39 Å². The highest BCUT2D eigenvalue weighted by Crippen LogP contribution is 2.21. The number of rotatable bonds is 4. The summed E-state index contributed by atoms with van der Waals surface area (Å²) in [5.41, 5.74) is 0.783. The highest BCUT2D eigenvalue weighted by Gasteiger charge is 2.11. The minimum absolute atomic E-state index is 0.274. The number of nitrogens with one attached hydrogen (secondary N) is 1. The van der Waals surface area contributed by atoms with Crippen LogP contribution in [0.5, 0.6) is 0 Å². The van der Waals surface area contributed by atoms with Crippen molar-refractivity contribution in [3.63, 3.8) is 0 Å². The zero-order valence-corrected chi connectivity index (χ0v) is 9.64. The quantitative estimate of drug-likeness (QED) is 0.875. The predicted octanol–water partition coefficient (Wildman–Crippen LogP) is 1.70. The predicted molar refractivity (Wildman–Crippen MR) is 61.5 cm³/mol. The van der Waals surface area contributed by atoms with E-state index in [1.165, 1.54) is 12.1 Å². The summed E-state index contributed by atoms with van der Waals surface area (Å²) in [6.07, 6.45) is 0. The summed E-state index contributed by atoms with van der Waals surface area (Å²) in [6, 6.07) is 6.45. The van der Waals surface area contributed by atoms with Crippen molar-refractivity contribution in [3.05, 3.63) is 36.0 Å². The molecule has 0 aliphatic rings. The molecule has 6 heteroatoms. The van der Waals surface area contributed by atoms with Crippen LogP contribution in [-0.4, -0.2) is 24.3 Å². The Morgan fingerprint density at radius 1 is 1.29 bits per heavy atom. The fourth-order valence-electron chi connectivity index (χ4n) is 1.38. The Kier molecular flexibility index (Phi) is 3.34. The molecule has 1 aromatic heterocycles. The largest absolute Gasteiger partial charge is 0.406 e. The fraction of sp³-hybridized carbons (Fsp3) is 0.273. The lowest BCUT2D eigenvalue weighted by atomic mass is 10.3. The van der Waals surface area contributed by atoms with Gasteiger partial charge in [-0.1, -0.05) is 5.10 Å². The van der Waals surface area contributed by atoms with Gasteiger partial charge in [0.15, 0.2) is 0 Å². The van der Waals surface area contributed by atoms with Gasteiger partial charge in [-0.3, -0.25) is 4.90 Å². The van der Waals surface area contributed by atoms with E-state index in [-0.39, 0.29) is 5.82 Å². The zero-order chi connectivity index (χ0) is 12.3. The van der Waals surface area contributed by atoms with Gasteiger partial charge in [-0.05, 0) is 31.3 Å². The molecule has 1 aromatic carbocycles. The monoisotopic (exact) mass is 236 g/mol. The van der Waals surface area contributed by atoms with E-state index in [1.807, 2.05) is 0 Å². The van der Waals surface area contributed by atoms with E-state index >= 15 is 0 Å². The maximum absolute atomic E-state index is 12.8. The highest BCUT2D eigenvalue weighted by molar-refractivity contribution is 5.54. The fourth-order valence-corrected chi connectivity index (χ4v) is 1.38. The molecule has 0 bridgehead atoms. The van der Waals surface area contributed by atoms with E-state index in [2.05, 4.69) is 15.5 Å². The van der Waals surface area contributed by atoms with Crippen LogP contribution >= 0.6 is 0 Å². The lowest BCUT2D eigenvalue weighted by Gasteiger charge is -2.13. The molecule has 0 aliphatic carbocycles. The molecule has 0 unspecified atom stereocenters. The Labute approximate surface area is 98.3 Å². The van der Waals surface area contributed by atoms with Crippen molar-refractivity contribution in [1.29, 1.82) is 0 Å². The van der Waals surface area contributed by atoms with Crippen LogP contribution in [0.25, 0.3) is 0 Å². The van der Waals surface area contributed by atoms with Gasteiger partial charge >= 0.3 is 6.01 Å². The summed E-state index contributed by atoms with van der Waals surface area (Å²) in [6.45, 7) is 0.518. The first kappa shape index (κ1) is 11.5. The number of hydrogen-bond acceptors (Lipinski definition) is 5. The number of nitrogens with zero attached hydrogens (tertiary/aromatic N) is 3. The average molecular weight is 236 g/mol. The standard InChI is InChI=1S/C11H13FN4O/c1-13-7-10-14-15-11(17-10)16(2)9-5-3-8(12)4-6-9/h3-6,13H,7H2,1-2H3. The Bertz CT molecular complexity index is 482. The summed E-state index contributed by atoms with van der Waals surface area (Å²) in [4.78, 5) is 1.70. The molecule has 2 aromatic rings. The lowest BCUT2D eigenvalue weighted by molar-refractivity contribution is 0.484. The smallest absolute Gasteiger partial charge is 0.322 e. The first-order chi connectivity index (χ1) is 8.20. The minimum Gasteiger partial charge on any atom is -0.406 e. The molecule has 1 N–H and O–H groups in total. The van der Waals surface area contributed by atoms with E-state index in [1.54, 1.807) is 31.1 Å². The van der Waals surface area contributed by atoms with E-state index in [4.69, 9.17) is 4.42 Å². The third-order valence-electron chi connectivity index (χ3n) is 2.29. The molecule has 0 radical (unpaired) electrons. The van der Waals surface area contributed by atoms with Gasteiger partial charge in [0, 0.05) is 12.7 Å². The second-order valence-corrected chi connectivity index (χ2v) is 3.54. The molecule has 1 heterocycles. The van der Waals surface area contributed by atoms with Crippen molar-refractivity contribution in [3.8, 4) is 0 Å². The third-order valence-corrected chi connectivity index (χ3v) is 2.29. The van der Waals surface area contributed by atoms with Crippen LogP contribution in [0.4, 0.5) is 16.1 Å². The number of benzene rings is 1. The molecule has 17 heavy (non-hydrogen) atoms. The summed E-state index contributed by atoms with van der Waals surface area (Å²) in [5, 5.41) is 10.7. The van der Waals surface area contributed by atoms with Crippen LogP contribution < -0.4 is 10.2 Å². The van der Waals surface area contributed by atoms with Crippen LogP contribution in [0.1, 0.15) is 5.89 Å². The van der Waals surface area contributed by atoms with Gasteiger partial charge in [-0.15, -0.1) is 5.10 Å². The average Bonchev–Trinajstić information content (AvgIpc) is 2.78. The van der Waals surface area contributed by atoms with Crippen LogP contribution in [-0.2, 0) is 6.54 Å². The van der Waals surface area contributed by atoms with Crippen molar-refractivity contribution in [1.82, 2.24) is 15.5 Å². The van der Waals surface area contributed by atoms with Crippen LogP contribution in [0.15, 0.2) is 28.7 Å². The SMILES string of the molecule is CNCc1nnc(N(C)c2ccc(F)cc2)o1. The molecule has 0 amide bonds. The lowest BCUT2D eigenvalue weighted by Crippen LogP contribution is -2.09. The molecule has 0 fully saturated rings. The van der Waals surface area contributed by atoms with Crippen LogP contribution in [0.2, 0.25) is 0 Å². The minimum atomic E-state index is -0.274. The molecule has 0 aliphatic heterocycles. The van der Waals surface area contributed by atoms with Crippen molar-refractivity contribution < 1.29 is 8.81 Å². The maximum Gasteiger partial charge on any atom is 0.322 e. The summed E-state index contributed by atoms with van der Waals surface area (Å²) in [7, 11) is 3.58. The van der Waals surface area contributed by atoms with Gasteiger partial charge in [0.1, 0.15) is 5.82 Å². The molecular formula is C11H13FN4O. The molecule has 0 atom stereocenters. The second-order valence-electron chi connectivity index (χ2n) is 3.54. The third kappa shape index (κ3) is 2.59. The van der Waals surface area contributed by atoms with E-state index in [0.29, 0.717) is 18.5 Å². The topological polar surface area (TPSA) is 54.2 Å². The van der Waals surface area contributed by atoms with Crippen molar-refractivity contribution in [2.75, 3.05) is 19.0 Å². The van der Waals surface area contributed by atoms with Crippen molar-refractivity contribution in [2.45, 2.75) is 6.54 Å². The van der Waals surface area contributed by atoms with Crippen LogP contribution in [0.3, 0.4) is 0 Å². The van der Waals surface area contributed by atoms with Gasteiger partial charge in [0.05, 0.1) is 6.54 Å². The Hall–Kier alpha value is -1.95. The summed E-state index contributed by atoms with van der Waals surface area (Å²) in [5.74, 6) is 0.236. The Morgan fingerprint density at radius 3 is 2.65 bits per heavy atom. The van der Waals surface area contributed by atoms with E-state index in [9.17, 15) is 4.39 Å². The number of anilines is 2. The summed E-state index contributed by atoms with van der Waals surface area (Å²) < 4.78 is 18.2. The molecule has 0 saturated carbocycles. The Morgan fingerprint density at radius 2 is 2.00 bits per heavy atom. The first-order valence-electron chi connectivity index (χ1n) is 5.17. The number of aromatic nitrogens is 2. The maximum atomic E-state index is 12.8. The van der Waals surface area contributed by atoms with Gasteiger partial charge in [-0.2, -0.15) is 0 Å². The van der Waals surface area contributed by atoms with E-state index in [0.717, 1.165) is 5.69 Å².